The van der Waals surface area contributed by atoms with Crippen LogP contribution in [0.2, 0.25) is 5.02 Å². The van der Waals surface area contributed by atoms with Crippen LogP contribution in [0.4, 0.5) is 0 Å². The van der Waals surface area contributed by atoms with E-state index in [-0.39, 0.29) is 6.04 Å². The zero-order valence-corrected chi connectivity index (χ0v) is 12.9. The van der Waals surface area contributed by atoms with Crippen molar-refractivity contribution in [2.75, 3.05) is 6.61 Å². The van der Waals surface area contributed by atoms with Gasteiger partial charge in [-0.25, -0.2) is 0 Å². The number of rotatable bonds is 5. The van der Waals surface area contributed by atoms with Gasteiger partial charge in [0.2, 0.25) is 0 Å². The summed E-state index contributed by atoms with van der Waals surface area (Å²) in [7, 11) is 0. The van der Waals surface area contributed by atoms with E-state index in [9.17, 15) is 0 Å². The lowest BCUT2D eigenvalue weighted by molar-refractivity contribution is 0.293. The highest BCUT2D eigenvalue weighted by atomic mass is 35.5. The number of halogens is 1. The van der Waals surface area contributed by atoms with Gasteiger partial charge in [-0.2, -0.15) is 0 Å². The van der Waals surface area contributed by atoms with Gasteiger partial charge in [0.1, 0.15) is 12.4 Å². The molecule has 3 heteroatoms. The van der Waals surface area contributed by atoms with Gasteiger partial charge in [0.25, 0.3) is 0 Å². The van der Waals surface area contributed by atoms with E-state index in [1.54, 1.807) is 0 Å². The Morgan fingerprint density at radius 1 is 1.19 bits per heavy atom. The van der Waals surface area contributed by atoms with Crippen LogP contribution in [0.25, 0.3) is 0 Å². The molecule has 2 aromatic carbocycles. The van der Waals surface area contributed by atoms with Crippen LogP contribution < -0.4 is 10.1 Å². The number of hydrogen-bond acceptors (Lipinski definition) is 2. The lowest BCUT2D eigenvalue weighted by Crippen LogP contribution is -2.27. The molecule has 0 radical (unpaired) electrons. The van der Waals surface area contributed by atoms with Crippen LogP contribution in [0.3, 0.4) is 0 Å². The first kappa shape index (κ1) is 14.4. The van der Waals surface area contributed by atoms with E-state index < -0.39 is 0 Å². The van der Waals surface area contributed by atoms with Crippen molar-refractivity contribution in [3.63, 3.8) is 0 Å². The molecule has 0 aromatic heterocycles. The van der Waals surface area contributed by atoms with Crippen LogP contribution in [0.1, 0.15) is 43.0 Å². The molecule has 1 N–H and O–H groups in total. The van der Waals surface area contributed by atoms with Gasteiger partial charge in [0, 0.05) is 16.6 Å². The molecule has 3 rings (SSSR count). The van der Waals surface area contributed by atoms with Crippen molar-refractivity contribution in [2.45, 2.75) is 31.8 Å². The Kier molecular flexibility index (Phi) is 4.47. The molecule has 21 heavy (non-hydrogen) atoms. The zero-order valence-electron chi connectivity index (χ0n) is 12.2. The smallest absolute Gasteiger partial charge is 0.124 e. The van der Waals surface area contributed by atoms with E-state index in [2.05, 4.69) is 36.5 Å². The molecule has 0 spiro atoms. The van der Waals surface area contributed by atoms with Crippen LogP contribution in [0, 0.1) is 0 Å². The van der Waals surface area contributed by atoms with Gasteiger partial charge in [-0.05, 0) is 30.2 Å². The Balaban J connectivity index is 1.79. The molecular weight excluding hydrogens is 282 g/mol. The predicted octanol–water partition coefficient (Wildman–Crippen LogP) is 4.90. The van der Waals surface area contributed by atoms with Crippen LogP contribution in [0.15, 0.2) is 48.5 Å². The average molecular weight is 302 g/mol. The molecule has 2 unspecified atom stereocenters. The van der Waals surface area contributed by atoms with Gasteiger partial charge < -0.3 is 10.1 Å². The van der Waals surface area contributed by atoms with E-state index in [0.717, 1.165) is 23.6 Å². The molecule has 2 atom stereocenters. The minimum absolute atomic E-state index is 0.258. The second kappa shape index (κ2) is 6.50. The lowest BCUT2D eigenvalue weighted by Gasteiger charge is -2.22. The van der Waals surface area contributed by atoms with Crippen LogP contribution >= 0.6 is 11.6 Å². The maximum Gasteiger partial charge on any atom is 0.124 e. The molecule has 2 nitrogen and oxygen atoms in total. The highest BCUT2D eigenvalue weighted by Gasteiger charge is 2.26. The quantitative estimate of drug-likeness (QED) is 0.847. The highest BCUT2D eigenvalue weighted by molar-refractivity contribution is 6.30. The van der Waals surface area contributed by atoms with E-state index in [0.29, 0.717) is 12.6 Å². The first-order chi connectivity index (χ1) is 10.3. The molecule has 0 fully saturated rings. The molecule has 1 heterocycles. The largest absolute Gasteiger partial charge is 0.491 e. The average Bonchev–Trinajstić information content (AvgIpc) is 2.91. The third-order valence-corrected chi connectivity index (χ3v) is 4.20. The monoisotopic (exact) mass is 301 g/mol. The highest BCUT2D eigenvalue weighted by Crippen LogP contribution is 2.34. The van der Waals surface area contributed by atoms with Crippen molar-refractivity contribution in [1.29, 1.82) is 0 Å². The van der Waals surface area contributed by atoms with Crippen molar-refractivity contribution < 1.29 is 4.74 Å². The molecule has 0 bridgehead atoms. The first-order valence-corrected chi connectivity index (χ1v) is 7.89. The molecule has 0 saturated carbocycles. The fourth-order valence-electron chi connectivity index (χ4n) is 2.87. The van der Waals surface area contributed by atoms with E-state index in [4.69, 9.17) is 16.3 Å². The summed E-state index contributed by atoms with van der Waals surface area (Å²) < 4.78 is 5.76. The summed E-state index contributed by atoms with van der Waals surface area (Å²) in [5.41, 5.74) is 2.54. The Hall–Kier alpha value is -1.51. The summed E-state index contributed by atoms with van der Waals surface area (Å²) in [6.45, 7) is 2.91. The molecule has 1 aliphatic heterocycles. The number of para-hydroxylation sites is 1. The van der Waals surface area contributed by atoms with E-state index >= 15 is 0 Å². The van der Waals surface area contributed by atoms with Crippen molar-refractivity contribution in [2.24, 2.45) is 0 Å². The first-order valence-electron chi connectivity index (χ1n) is 7.51. The van der Waals surface area contributed by atoms with Gasteiger partial charge in [-0.15, -0.1) is 0 Å². The van der Waals surface area contributed by atoms with Crippen molar-refractivity contribution in [3.8, 4) is 5.75 Å². The van der Waals surface area contributed by atoms with Gasteiger partial charge in [0.15, 0.2) is 0 Å². The number of nitrogens with one attached hydrogen (secondary N) is 1. The maximum atomic E-state index is 5.99. The summed E-state index contributed by atoms with van der Waals surface area (Å²) in [5.74, 6) is 1.00. The van der Waals surface area contributed by atoms with E-state index in [1.165, 1.54) is 11.1 Å². The Labute approximate surface area is 131 Å². The van der Waals surface area contributed by atoms with E-state index in [1.807, 2.05) is 24.3 Å². The van der Waals surface area contributed by atoms with Gasteiger partial charge in [-0.3, -0.25) is 0 Å². The normalized spacial score (nSPS) is 18.1. The van der Waals surface area contributed by atoms with Crippen molar-refractivity contribution in [1.82, 2.24) is 5.32 Å². The second-order valence-corrected chi connectivity index (χ2v) is 5.90. The Morgan fingerprint density at radius 2 is 1.95 bits per heavy atom. The molecule has 0 aliphatic carbocycles. The number of fused-ring (bicyclic) bond motifs is 1. The van der Waals surface area contributed by atoms with Crippen LogP contribution in [-0.2, 0) is 0 Å². The molecule has 0 amide bonds. The zero-order chi connectivity index (χ0) is 14.7. The van der Waals surface area contributed by atoms with Crippen LogP contribution in [0.5, 0.6) is 5.75 Å². The minimum Gasteiger partial charge on any atom is -0.491 e. The SMILES string of the molecule is CCCC(NC1COc2ccccc21)c1ccc(Cl)cc1. The van der Waals surface area contributed by atoms with Crippen molar-refractivity contribution in [3.05, 3.63) is 64.7 Å². The maximum absolute atomic E-state index is 5.99. The van der Waals surface area contributed by atoms with Gasteiger partial charge in [-0.1, -0.05) is 55.3 Å². The summed E-state index contributed by atoms with van der Waals surface area (Å²) in [4.78, 5) is 0. The molecule has 2 aromatic rings. The Morgan fingerprint density at radius 3 is 2.71 bits per heavy atom. The molecule has 110 valence electrons. The number of benzene rings is 2. The second-order valence-electron chi connectivity index (χ2n) is 5.46. The summed E-state index contributed by atoms with van der Waals surface area (Å²) in [6.07, 6.45) is 2.23. The molecular formula is C18H20ClNO. The third-order valence-electron chi connectivity index (χ3n) is 3.95. The predicted molar refractivity (Wildman–Crippen MR) is 86.9 cm³/mol. The molecule has 1 aliphatic rings. The van der Waals surface area contributed by atoms with Crippen molar-refractivity contribution >= 4 is 11.6 Å². The topological polar surface area (TPSA) is 21.3 Å². The van der Waals surface area contributed by atoms with Gasteiger partial charge in [0.05, 0.1) is 6.04 Å². The minimum atomic E-state index is 0.258. The fourth-order valence-corrected chi connectivity index (χ4v) is 3.00. The third kappa shape index (κ3) is 3.22. The number of hydrogen-bond donors (Lipinski definition) is 1. The fraction of sp³-hybridized carbons (Fsp3) is 0.333. The summed E-state index contributed by atoms with van der Waals surface area (Å²) in [6, 6.07) is 17.0. The molecule has 0 saturated heterocycles. The standard InChI is InChI=1S/C18H20ClNO/c1-2-5-16(13-8-10-14(19)11-9-13)20-17-12-21-18-7-4-3-6-15(17)18/h3-4,6-11,16-17,20H,2,5,12H2,1H3. The summed E-state index contributed by atoms with van der Waals surface area (Å²) in [5, 5.41) is 4.52. The number of ether oxygens (including phenoxy) is 1. The lowest BCUT2D eigenvalue weighted by atomic mass is 9.99. The summed E-state index contributed by atoms with van der Waals surface area (Å²) >= 11 is 5.99. The van der Waals surface area contributed by atoms with Gasteiger partial charge >= 0.3 is 0 Å². The Bertz CT molecular complexity index is 596. The van der Waals surface area contributed by atoms with Crippen LogP contribution in [-0.4, -0.2) is 6.61 Å².